The molecular weight excluding hydrogens is 238 g/mol. The molecule has 0 aliphatic carbocycles. The van der Waals surface area contributed by atoms with Gasteiger partial charge in [-0.1, -0.05) is 27.2 Å². The van der Waals surface area contributed by atoms with Crippen LogP contribution < -0.4 is 0 Å². The van der Waals surface area contributed by atoms with E-state index in [0.717, 1.165) is 23.8 Å². The average Bonchev–Trinajstić information content (AvgIpc) is 2.66. The van der Waals surface area contributed by atoms with Gasteiger partial charge in [0.1, 0.15) is 0 Å². The predicted octanol–water partition coefficient (Wildman–Crippen LogP) is 3.95. The third-order valence-electron chi connectivity index (χ3n) is 3.58. The highest BCUT2D eigenvalue weighted by molar-refractivity contribution is 5.96. The molecule has 1 aromatic carbocycles. The maximum atomic E-state index is 11.3. The van der Waals surface area contributed by atoms with Gasteiger partial charge in [-0.3, -0.25) is 0 Å². The Morgan fingerprint density at radius 1 is 1.37 bits per heavy atom. The first-order valence-corrected chi connectivity index (χ1v) is 6.80. The van der Waals surface area contributed by atoms with E-state index in [1.165, 1.54) is 11.1 Å². The summed E-state index contributed by atoms with van der Waals surface area (Å²) >= 11 is 0. The molecule has 2 aromatic rings. The number of aromatic nitrogens is 1. The van der Waals surface area contributed by atoms with Crippen molar-refractivity contribution < 1.29 is 9.90 Å². The zero-order valence-electron chi connectivity index (χ0n) is 12.0. The van der Waals surface area contributed by atoms with Crippen LogP contribution in [0.1, 0.15) is 54.6 Å². The Morgan fingerprint density at radius 3 is 2.58 bits per heavy atom. The number of benzene rings is 1. The first-order valence-electron chi connectivity index (χ1n) is 6.80. The highest BCUT2D eigenvalue weighted by Gasteiger charge is 2.16. The maximum Gasteiger partial charge on any atom is 0.335 e. The molecule has 0 atom stereocenters. The highest BCUT2D eigenvalue weighted by atomic mass is 16.4. The Kier molecular flexibility index (Phi) is 3.65. The molecule has 1 heterocycles. The fraction of sp³-hybridized carbons (Fsp3) is 0.438. The molecule has 0 spiro atoms. The Hall–Kier alpha value is -1.77. The molecule has 0 bridgehead atoms. The molecule has 1 N–H and O–H groups in total. The van der Waals surface area contributed by atoms with Crippen molar-refractivity contribution in [2.75, 3.05) is 0 Å². The molecule has 1 aromatic heterocycles. The van der Waals surface area contributed by atoms with Gasteiger partial charge in [-0.05, 0) is 35.6 Å². The molecular formula is C16H21NO2. The van der Waals surface area contributed by atoms with E-state index in [0.29, 0.717) is 11.5 Å². The molecule has 2 rings (SSSR count). The minimum atomic E-state index is -0.852. The van der Waals surface area contributed by atoms with Crippen LogP contribution in [0.25, 0.3) is 10.9 Å². The number of carboxylic acid groups (broad SMARTS) is 1. The standard InChI is InChI=1S/C16H21NO2/c1-5-6-11-9-17(4)15-13(10(2)3)7-12(16(18)19)8-14(11)15/h7-10H,5-6H2,1-4H3,(H,18,19). The Morgan fingerprint density at radius 2 is 2.05 bits per heavy atom. The molecule has 0 amide bonds. The van der Waals surface area contributed by atoms with Gasteiger partial charge in [0.15, 0.2) is 0 Å². The quantitative estimate of drug-likeness (QED) is 0.903. The van der Waals surface area contributed by atoms with Crippen LogP contribution in [-0.4, -0.2) is 15.6 Å². The summed E-state index contributed by atoms with van der Waals surface area (Å²) in [6.07, 6.45) is 4.18. The molecule has 0 saturated heterocycles. The third kappa shape index (κ3) is 2.37. The monoisotopic (exact) mass is 259 g/mol. The van der Waals surface area contributed by atoms with E-state index in [2.05, 4.69) is 31.5 Å². The molecule has 0 saturated carbocycles. The van der Waals surface area contributed by atoms with Crippen molar-refractivity contribution in [1.29, 1.82) is 0 Å². The van der Waals surface area contributed by atoms with Gasteiger partial charge < -0.3 is 9.67 Å². The van der Waals surface area contributed by atoms with Crippen molar-refractivity contribution in [3.63, 3.8) is 0 Å². The van der Waals surface area contributed by atoms with Crippen molar-refractivity contribution in [1.82, 2.24) is 4.57 Å². The van der Waals surface area contributed by atoms with Crippen molar-refractivity contribution in [3.8, 4) is 0 Å². The first kappa shape index (κ1) is 13.7. The number of nitrogens with zero attached hydrogens (tertiary/aromatic N) is 1. The second-order valence-electron chi connectivity index (χ2n) is 5.44. The van der Waals surface area contributed by atoms with Gasteiger partial charge in [0.25, 0.3) is 0 Å². The van der Waals surface area contributed by atoms with Crippen LogP contribution >= 0.6 is 0 Å². The number of hydrogen-bond donors (Lipinski definition) is 1. The van der Waals surface area contributed by atoms with Crippen LogP contribution in [0.15, 0.2) is 18.3 Å². The Labute approximate surface area is 113 Å². The lowest BCUT2D eigenvalue weighted by Crippen LogP contribution is -2.01. The molecule has 19 heavy (non-hydrogen) atoms. The molecule has 0 radical (unpaired) electrons. The van der Waals surface area contributed by atoms with Crippen molar-refractivity contribution in [3.05, 3.63) is 35.0 Å². The minimum Gasteiger partial charge on any atom is -0.478 e. The first-order chi connectivity index (χ1) is 8.95. The summed E-state index contributed by atoms with van der Waals surface area (Å²) < 4.78 is 2.13. The Balaban J connectivity index is 2.80. The summed E-state index contributed by atoms with van der Waals surface area (Å²) in [6.45, 7) is 6.35. The fourth-order valence-electron chi connectivity index (χ4n) is 2.70. The van der Waals surface area contributed by atoms with Gasteiger partial charge in [0.2, 0.25) is 0 Å². The van der Waals surface area contributed by atoms with Crippen molar-refractivity contribution in [2.45, 2.75) is 39.5 Å². The van der Waals surface area contributed by atoms with E-state index in [4.69, 9.17) is 0 Å². The molecule has 0 aliphatic rings. The van der Waals surface area contributed by atoms with Crippen LogP contribution in [0.3, 0.4) is 0 Å². The summed E-state index contributed by atoms with van der Waals surface area (Å²) in [7, 11) is 2.04. The number of rotatable bonds is 4. The van der Waals surface area contributed by atoms with Gasteiger partial charge >= 0.3 is 5.97 Å². The third-order valence-corrected chi connectivity index (χ3v) is 3.58. The van der Waals surface area contributed by atoms with Crippen LogP contribution in [-0.2, 0) is 13.5 Å². The van der Waals surface area contributed by atoms with E-state index >= 15 is 0 Å². The smallest absolute Gasteiger partial charge is 0.335 e. The average molecular weight is 259 g/mol. The van der Waals surface area contributed by atoms with E-state index in [9.17, 15) is 9.90 Å². The Bertz CT molecular complexity index is 623. The molecule has 0 fully saturated rings. The number of aromatic carboxylic acids is 1. The van der Waals surface area contributed by atoms with Crippen molar-refractivity contribution >= 4 is 16.9 Å². The minimum absolute atomic E-state index is 0.310. The largest absolute Gasteiger partial charge is 0.478 e. The number of carboxylic acids is 1. The fourth-order valence-corrected chi connectivity index (χ4v) is 2.70. The van der Waals surface area contributed by atoms with Crippen LogP contribution in [0, 0.1) is 0 Å². The normalized spacial score (nSPS) is 11.4. The van der Waals surface area contributed by atoms with Crippen LogP contribution in [0.2, 0.25) is 0 Å². The summed E-state index contributed by atoms with van der Waals surface area (Å²) in [5, 5.41) is 10.4. The summed E-state index contributed by atoms with van der Waals surface area (Å²) in [6, 6.07) is 3.62. The van der Waals surface area contributed by atoms with Crippen LogP contribution in [0.4, 0.5) is 0 Å². The lowest BCUT2D eigenvalue weighted by atomic mass is 9.96. The van der Waals surface area contributed by atoms with E-state index < -0.39 is 5.97 Å². The zero-order valence-corrected chi connectivity index (χ0v) is 12.0. The molecule has 0 aliphatic heterocycles. The number of carbonyl (C=O) groups is 1. The summed E-state index contributed by atoms with van der Waals surface area (Å²) in [5.41, 5.74) is 3.91. The van der Waals surface area contributed by atoms with E-state index in [1.807, 2.05) is 19.2 Å². The van der Waals surface area contributed by atoms with Gasteiger partial charge in [0, 0.05) is 18.6 Å². The second-order valence-corrected chi connectivity index (χ2v) is 5.44. The van der Waals surface area contributed by atoms with E-state index in [1.54, 1.807) is 0 Å². The zero-order chi connectivity index (χ0) is 14.2. The molecule has 0 unspecified atom stereocenters. The second kappa shape index (κ2) is 5.08. The number of fused-ring (bicyclic) bond motifs is 1. The van der Waals surface area contributed by atoms with Gasteiger partial charge in [-0.15, -0.1) is 0 Å². The van der Waals surface area contributed by atoms with Gasteiger partial charge in [0.05, 0.1) is 11.1 Å². The topological polar surface area (TPSA) is 42.2 Å². The SMILES string of the molecule is CCCc1cn(C)c2c(C(C)C)cc(C(=O)O)cc12. The van der Waals surface area contributed by atoms with Crippen molar-refractivity contribution in [2.24, 2.45) is 7.05 Å². The molecule has 3 nitrogen and oxygen atoms in total. The summed E-state index contributed by atoms with van der Waals surface area (Å²) in [4.78, 5) is 11.3. The number of hydrogen-bond acceptors (Lipinski definition) is 1. The highest BCUT2D eigenvalue weighted by Crippen LogP contribution is 2.31. The molecule has 102 valence electrons. The maximum absolute atomic E-state index is 11.3. The lowest BCUT2D eigenvalue weighted by molar-refractivity contribution is 0.0697. The number of aryl methyl sites for hydroxylation is 2. The van der Waals surface area contributed by atoms with Gasteiger partial charge in [-0.2, -0.15) is 0 Å². The lowest BCUT2D eigenvalue weighted by Gasteiger charge is -2.11. The van der Waals surface area contributed by atoms with Gasteiger partial charge in [-0.25, -0.2) is 4.79 Å². The van der Waals surface area contributed by atoms with E-state index in [-0.39, 0.29) is 0 Å². The van der Waals surface area contributed by atoms with Crippen LogP contribution in [0.5, 0.6) is 0 Å². The molecule has 3 heteroatoms. The predicted molar refractivity (Wildman–Crippen MR) is 78.0 cm³/mol. The summed E-state index contributed by atoms with van der Waals surface area (Å²) in [5.74, 6) is -0.542.